The molecular weight excluding hydrogens is 224 g/mol. The van der Waals surface area contributed by atoms with Crippen molar-refractivity contribution in [3.8, 4) is 0 Å². The van der Waals surface area contributed by atoms with Gasteiger partial charge in [-0.1, -0.05) is 44.3 Å². The summed E-state index contributed by atoms with van der Waals surface area (Å²) < 4.78 is 0. The molecule has 0 N–H and O–H groups in total. The molecule has 0 aromatic carbocycles. The van der Waals surface area contributed by atoms with Crippen molar-refractivity contribution < 1.29 is 9.59 Å². The van der Waals surface area contributed by atoms with Gasteiger partial charge >= 0.3 is 0 Å². The molecule has 1 rings (SSSR count). The standard InChI is InChI=1S/C16H24O2/c17-15-11-8-6-4-2-1-3-5-7-9-12-16(18)14-10-13-15/h8,10-11,13H,1-7,9,12,14H2. The molecule has 0 saturated heterocycles. The lowest BCUT2D eigenvalue weighted by Crippen LogP contribution is -1.96. The van der Waals surface area contributed by atoms with E-state index >= 15 is 0 Å². The summed E-state index contributed by atoms with van der Waals surface area (Å²) in [6.45, 7) is 0. The van der Waals surface area contributed by atoms with E-state index in [-0.39, 0.29) is 11.6 Å². The van der Waals surface area contributed by atoms with Crippen LogP contribution in [0.15, 0.2) is 24.3 Å². The van der Waals surface area contributed by atoms with Crippen LogP contribution in [0.3, 0.4) is 0 Å². The summed E-state index contributed by atoms with van der Waals surface area (Å²) in [4.78, 5) is 22.9. The van der Waals surface area contributed by atoms with E-state index in [1.54, 1.807) is 12.2 Å². The Kier molecular flexibility index (Phi) is 8.11. The minimum absolute atomic E-state index is 0.00473. The Morgan fingerprint density at radius 1 is 0.722 bits per heavy atom. The van der Waals surface area contributed by atoms with E-state index in [0.29, 0.717) is 12.8 Å². The van der Waals surface area contributed by atoms with Crippen molar-refractivity contribution in [1.29, 1.82) is 0 Å². The molecule has 0 aliphatic heterocycles. The molecule has 0 saturated carbocycles. The summed E-state index contributed by atoms with van der Waals surface area (Å²) >= 11 is 0. The Hall–Kier alpha value is -1.18. The van der Waals surface area contributed by atoms with Gasteiger partial charge in [0.2, 0.25) is 0 Å². The number of ketones is 2. The first kappa shape index (κ1) is 14.9. The van der Waals surface area contributed by atoms with Gasteiger partial charge in [0.1, 0.15) is 5.78 Å². The van der Waals surface area contributed by atoms with Crippen LogP contribution in [0.2, 0.25) is 0 Å². The van der Waals surface area contributed by atoms with Gasteiger partial charge in [-0.15, -0.1) is 0 Å². The smallest absolute Gasteiger partial charge is 0.178 e. The third kappa shape index (κ3) is 7.99. The topological polar surface area (TPSA) is 34.1 Å². The molecule has 1 aliphatic carbocycles. The first-order chi connectivity index (χ1) is 8.79. The Bertz CT molecular complexity index is 313. The zero-order chi connectivity index (χ0) is 13.1. The van der Waals surface area contributed by atoms with Gasteiger partial charge in [-0.05, 0) is 31.4 Å². The fourth-order valence-corrected chi connectivity index (χ4v) is 2.13. The second-order valence-corrected chi connectivity index (χ2v) is 4.96. The molecule has 0 amide bonds. The maximum absolute atomic E-state index is 11.5. The van der Waals surface area contributed by atoms with Crippen LogP contribution in [0.1, 0.15) is 64.2 Å². The fourth-order valence-electron chi connectivity index (χ4n) is 2.13. The minimum atomic E-state index is -0.00473. The second kappa shape index (κ2) is 9.81. The van der Waals surface area contributed by atoms with Crippen molar-refractivity contribution in [1.82, 2.24) is 0 Å². The zero-order valence-electron chi connectivity index (χ0n) is 11.2. The SMILES string of the molecule is O=C1C=CCCCCCCCCCC(=O)CC=C1. The van der Waals surface area contributed by atoms with E-state index in [4.69, 9.17) is 0 Å². The Morgan fingerprint density at radius 3 is 2.11 bits per heavy atom. The lowest BCUT2D eigenvalue weighted by Gasteiger charge is -2.01. The van der Waals surface area contributed by atoms with E-state index in [0.717, 1.165) is 19.3 Å². The molecular formula is C16H24O2. The van der Waals surface area contributed by atoms with Crippen LogP contribution in [-0.2, 0) is 9.59 Å². The lowest BCUT2D eigenvalue weighted by molar-refractivity contribution is -0.118. The van der Waals surface area contributed by atoms with E-state index in [2.05, 4.69) is 0 Å². The summed E-state index contributed by atoms with van der Waals surface area (Å²) in [7, 11) is 0. The van der Waals surface area contributed by atoms with Crippen LogP contribution in [0.25, 0.3) is 0 Å². The first-order valence-electron chi connectivity index (χ1n) is 7.18. The molecule has 0 spiro atoms. The maximum atomic E-state index is 11.5. The largest absolute Gasteiger partial charge is 0.299 e. The van der Waals surface area contributed by atoms with Gasteiger partial charge in [-0.2, -0.15) is 0 Å². The normalized spacial score (nSPS) is 21.1. The van der Waals surface area contributed by atoms with Gasteiger partial charge in [0, 0.05) is 12.8 Å². The number of hydrogen-bond acceptors (Lipinski definition) is 2. The molecule has 0 unspecified atom stereocenters. The minimum Gasteiger partial charge on any atom is -0.299 e. The van der Waals surface area contributed by atoms with Gasteiger partial charge in [0.15, 0.2) is 5.78 Å². The quantitative estimate of drug-likeness (QED) is 0.645. The van der Waals surface area contributed by atoms with Crippen LogP contribution >= 0.6 is 0 Å². The molecule has 0 heterocycles. The third-order valence-electron chi connectivity index (χ3n) is 3.24. The van der Waals surface area contributed by atoms with Gasteiger partial charge < -0.3 is 0 Å². The number of hydrogen-bond donors (Lipinski definition) is 0. The van der Waals surface area contributed by atoms with Gasteiger partial charge in [0.25, 0.3) is 0 Å². The predicted molar refractivity (Wildman–Crippen MR) is 74.5 cm³/mol. The van der Waals surface area contributed by atoms with Crippen LogP contribution in [0.4, 0.5) is 0 Å². The molecule has 0 atom stereocenters. The summed E-state index contributed by atoms with van der Waals surface area (Å²) in [5.74, 6) is 0.241. The highest BCUT2D eigenvalue weighted by atomic mass is 16.1. The third-order valence-corrected chi connectivity index (χ3v) is 3.24. The van der Waals surface area contributed by atoms with E-state index in [1.165, 1.54) is 38.2 Å². The average molecular weight is 248 g/mol. The monoisotopic (exact) mass is 248 g/mol. The first-order valence-corrected chi connectivity index (χ1v) is 7.18. The number of Topliss-reactive ketones (excluding diaryl/α,β-unsaturated/α-hetero) is 1. The molecule has 0 radical (unpaired) electrons. The number of rotatable bonds is 0. The van der Waals surface area contributed by atoms with Gasteiger partial charge in [0.05, 0.1) is 0 Å². The van der Waals surface area contributed by atoms with Crippen LogP contribution in [0, 0.1) is 0 Å². The van der Waals surface area contributed by atoms with Gasteiger partial charge in [-0.25, -0.2) is 0 Å². The van der Waals surface area contributed by atoms with Gasteiger partial charge in [-0.3, -0.25) is 9.59 Å². The number of carbonyl (C=O) groups is 2. The van der Waals surface area contributed by atoms with Crippen molar-refractivity contribution >= 4 is 11.6 Å². The van der Waals surface area contributed by atoms with Crippen LogP contribution in [0.5, 0.6) is 0 Å². The Labute approximate surface area is 110 Å². The Morgan fingerprint density at radius 2 is 1.33 bits per heavy atom. The highest BCUT2D eigenvalue weighted by Crippen LogP contribution is 2.11. The van der Waals surface area contributed by atoms with E-state index in [1.807, 2.05) is 6.08 Å². The molecule has 0 aromatic rings. The summed E-state index contributed by atoms with van der Waals surface area (Å²) in [5.41, 5.74) is 0. The summed E-state index contributed by atoms with van der Waals surface area (Å²) in [6.07, 6.45) is 17.2. The molecule has 2 heteroatoms. The van der Waals surface area contributed by atoms with Crippen LogP contribution in [-0.4, -0.2) is 11.6 Å². The van der Waals surface area contributed by atoms with Crippen molar-refractivity contribution in [2.75, 3.05) is 0 Å². The molecule has 2 nitrogen and oxygen atoms in total. The summed E-state index contributed by atoms with van der Waals surface area (Å²) in [5, 5.41) is 0. The van der Waals surface area contributed by atoms with Crippen molar-refractivity contribution in [3.63, 3.8) is 0 Å². The molecule has 100 valence electrons. The zero-order valence-corrected chi connectivity index (χ0v) is 11.2. The number of allylic oxidation sites excluding steroid dienone is 4. The molecule has 18 heavy (non-hydrogen) atoms. The van der Waals surface area contributed by atoms with Crippen LogP contribution < -0.4 is 0 Å². The molecule has 0 aromatic heterocycles. The Balaban J connectivity index is 2.40. The lowest BCUT2D eigenvalue weighted by atomic mass is 10.0. The predicted octanol–water partition coefficient (Wildman–Crippen LogP) is 4.15. The highest BCUT2D eigenvalue weighted by Gasteiger charge is 2.00. The highest BCUT2D eigenvalue weighted by molar-refractivity contribution is 5.99. The van der Waals surface area contributed by atoms with Crippen molar-refractivity contribution in [3.05, 3.63) is 24.3 Å². The molecule has 0 fully saturated rings. The van der Waals surface area contributed by atoms with Crippen molar-refractivity contribution in [2.45, 2.75) is 64.2 Å². The molecule has 0 bridgehead atoms. The number of carbonyl (C=O) groups excluding carboxylic acids is 2. The average Bonchev–Trinajstić information content (AvgIpc) is 2.34. The van der Waals surface area contributed by atoms with E-state index in [9.17, 15) is 9.59 Å². The summed E-state index contributed by atoms with van der Waals surface area (Å²) in [6, 6.07) is 0. The second-order valence-electron chi connectivity index (χ2n) is 4.96. The fraction of sp³-hybridized carbons (Fsp3) is 0.625. The molecule has 1 aliphatic rings. The van der Waals surface area contributed by atoms with Crippen molar-refractivity contribution in [2.24, 2.45) is 0 Å². The van der Waals surface area contributed by atoms with E-state index < -0.39 is 0 Å². The maximum Gasteiger partial charge on any atom is 0.178 e.